The summed E-state index contributed by atoms with van der Waals surface area (Å²) in [6.07, 6.45) is -1.56. The van der Waals surface area contributed by atoms with E-state index < -0.39 is 11.7 Å². The van der Waals surface area contributed by atoms with Gasteiger partial charge in [0.05, 0.1) is 5.56 Å². The number of hydrogen-bond acceptors (Lipinski definition) is 2. The van der Waals surface area contributed by atoms with E-state index in [1.165, 1.54) is 12.1 Å². The van der Waals surface area contributed by atoms with Gasteiger partial charge in [0, 0.05) is 17.5 Å². The number of hydrogen-bond donors (Lipinski definition) is 1. The average Bonchev–Trinajstić information content (AvgIpc) is 2.27. The van der Waals surface area contributed by atoms with Gasteiger partial charge in [0.15, 0.2) is 0 Å². The molecule has 0 aromatic heterocycles. The smallest absolute Gasteiger partial charge is 0.381 e. The van der Waals surface area contributed by atoms with Gasteiger partial charge >= 0.3 is 6.18 Å². The lowest BCUT2D eigenvalue weighted by Gasteiger charge is -2.20. The Morgan fingerprint density at radius 3 is 2.47 bits per heavy atom. The highest BCUT2D eigenvalue weighted by Crippen LogP contribution is 2.35. The predicted molar refractivity (Wildman–Crippen MR) is 67.5 cm³/mol. The first-order chi connectivity index (χ1) is 7.99. The second kappa shape index (κ2) is 6.19. The van der Waals surface area contributed by atoms with Crippen molar-refractivity contribution in [2.24, 2.45) is 0 Å². The van der Waals surface area contributed by atoms with Crippen molar-refractivity contribution in [2.75, 3.05) is 17.3 Å². The van der Waals surface area contributed by atoms with Crippen LogP contribution in [-0.4, -0.2) is 18.1 Å². The molecule has 96 valence electrons. The molecule has 0 saturated carbocycles. The van der Waals surface area contributed by atoms with Crippen molar-refractivity contribution in [2.45, 2.75) is 25.6 Å². The van der Waals surface area contributed by atoms with Gasteiger partial charge in [-0.25, -0.2) is 0 Å². The fraction of sp³-hybridized carbons (Fsp3) is 0.500. The molecule has 0 aliphatic rings. The summed E-state index contributed by atoms with van der Waals surface area (Å²) in [5.74, 6) is 0.794. The van der Waals surface area contributed by atoms with E-state index in [0.717, 1.165) is 18.2 Å². The Morgan fingerprint density at radius 2 is 1.94 bits per heavy atom. The first-order valence-corrected chi connectivity index (χ1v) is 6.80. The summed E-state index contributed by atoms with van der Waals surface area (Å²) in [6.45, 7) is 1.96. The van der Waals surface area contributed by atoms with Crippen molar-refractivity contribution in [1.29, 1.82) is 0 Å². The Hall–Kier alpha value is -0.840. The van der Waals surface area contributed by atoms with Crippen LogP contribution in [0.2, 0.25) is 0 Å². The molecule has 1 aromatic rings. The maximum absolute atomic E-state index is 12.7. The number of anilines is 1. The lowest BCUT2D eigenvalue weighted by Crippen LogP contribution is -2.23. The highest BCUT2D eigenvalue weighted by atomic mass is 32.2. The average molecular weight is 263 g/mol. The second-order valence-corrected chi connectivity index (χ2v) is 4.66. The molecule has 1 atom stereocenters. The van der Waals surface area contributed by atoms with E-state index in [1.54, 1.807) is 17.8 Å². The topological polar surface area (TPSA) is 12.0 Å². The zero-order chi connectivity index (χ0) is 12.9. The van der Waals surface area contributed by atoms with E-state index in [-0.39, 0.29) is 11.7 Å². The molecule has 1 aromatic carbocycles. The summed E-state index contributed by atoms with van der Waals surface area (Å²) < 4.78 is 38.2. The minimum absolute atomic E-state index is 0.0634. The quantitative estimate of drug-likeness (QED) is 0.852. The SMILES string of the molecule is CCC(CSC)Nc1ccccc1C(F)(F)F. The molecule has 1 rings (SSSR count). The Labute approximate surface area is 104 Å². The lowest BCUT2D eigenvalue weighted by molar-refractivity contribution is -0.137. The fourth-order valence-electron chi connectivity index (χ4n) is 1.54. The first kappa shape index (κ1) is 14.2. The number of benzene rings is 1. The molecule has 0 spiro atoms. The van der Waals surface area contributed by atoms with Gasteiger partial charge in [-0.2, -0.15) is 24.9 Å². The van der Waals surface area contributed by atoms with Crippen LogP contribution >= 0.6 is 11.8 Å². The van der Waals surface area contributed by atoms with Gasteiger partial charge in [-0.1, -0.05) is 19.1 Å². The van der Waals surface area contributed by atoms with E-state index >= 15 is 0 Å². The first-order valence-electron chi connectivity index (χ1n) is 5.40. The third-order valence-electron chi connectivity index (χ3n) is 2.45. The lowest BCUT2D eigenvalue weighted by atomic mass is 10.1. The minimum Gasteiger partial charge on any atom is -0.381 e. The second-order valence-electron chi connectivity index (χ2n) is 3.75. The van der Waals surface area contributed by atoms with Crippen molar-refractivity contribution in [1.82, 2.24) is 0 Å². The molecule has 0 saturated heterocycles. The zero-order valence-corrected chi connectivity index (χ0v) is 10.7. The Morgan fingerprint density at radius 1 is 1.29 bits per heavy atom. The molecule has 5 heteroatoms. The van der Waals surface area contributed by atoms with E-state index in [0.29, 0.717) is 0 Å². The molecule has 1 N–H and O–H groups in total. The van der Waals surface area contributed by atoms with E-state index in [1.807, 2.05) is 13.2 Å². The van der Waals surface area contributed by atoms with E-state index in [9.17, 15) is 13.2 Å². The molecule has 0 aliphatic carbocycles. The number of rotatable bonds is 5. The van der Waals surface area contributed by atoms with E-state index in [2.05, 4.69) is 5.32 Å². The summed E-state index contributed by atoms with van der Waals surface area (Å²) in [6, 6.07) is 5.67. The van der Waals surface area contributed by atoms with Crippen LogP contribution in [0.4, 0.5) is 18.9 Å². The van der Waals surface area contributed by atoms with Crippen molar-refractivity contribution in [3.63, 3.8) is 0 Å². The summed E-state index contributed by atoms with van der Waals surface area (Å²) >= 11 is 1.62. The van der Waals surface area contributed by atoms with Crippen molar-refractivity contribution in [3.05, 3.63) is 29.8 Å². The van der Waals surface area contributed by atoms with Crippen LogP contribution in [-0.2, 0) is 6.18 Å². The van der Waals surface area contributed by atoms with Crippen LogP contribution in [0.15, 0.2) is 24.3 Å². The van der Waals surface area contributed by atoms with Crippen molar-refractivity contribution >= 4 is 17.4 Å². The Bertz CT molecular complexity index is 352. The number of halogens is 3. The van der Waals surface area contributed by atoms with Crippen molar-refractivity contribution < 1.29 is 13.2 Å². The van der Waals surface area contributed by atoms with Crippen LogP contribution < -0.4 is 5.32 Å². The normalized spacial score (nSPS) is 13.5. The molecule has 0 radical (unpaired) electrons. The van der Waals surface area contributed by atoms with Gasteiger partial charge in [0.2, 0.25) is 0 Å². The van der Waals surface area contributed by atoms with Gasteiger partial charge in [0.1, 0.15) is 0 Å². The van der Waals surface area contributed by atoms with E-state index in [4.69, 9.17) is 0 Å². The number of thioether (sulfide) groups is 1. The molecule has 17 heavy (non-hydrogen) atoms. The maximum atomic E-state index is 12.7. The summed E-state index contributed by atoms with van der Waals surface area (Å²) in [5.41, 5.74) is -0.430. The molecule has 1 unspecified atom stereocenters. The van der Waals surface area contributed by atoms with Gasteiger partial charge in [0.25, 0.3) is 0 Å². The van der Waals surface area contributed by atoms with Gasteiger partial charge in [-0.05, 0) is 24.8 Å². The maximum Gasteiger partial charge on any atom is 0.418 e. The fourth-order valence-corrected chi connectivity index (χ4v) is 2.26. The van der Waals surface area contributed by atoms with Gasteiger partial charge < -0.3 is 5.32 Å². The van der Waals surface area contributed by atoms with Crippen LogP contribution in [0.25, 0.3) is 0 Å². The molecule has 0 amide bonds. The Kier molecular flexibility index (Phi) is 5.18. The number of nitrogens with one attached hydrogen (secondary N) is 1. The Balaban J connectivity index is 2.90. The summed E-state index contributed by atoms with van der Waals surface area (Å²) in [4.78, 5) is 0. The summed E-state index contributed by atoms with van der Waals surface area (Å²) in [5, 5.41) is 2.96. The molecular formula is C12H16F3NS. The molecular weight excluding hydrogens is 247 g/mol. The van der Waals surface area contributed by atoms with Gasteiger partial charge in [-0.3, -0.25) is 0 Å². The standard InChI is InChI=1S/C12H16F3NS/c1-3-9(8-17-2)16-11-7-5-4-6-10(11)12(13,14)15/h4-7,9,16H,3,8H2,1-2H3. The third kappa shape index (κ3) is 4.15. The molecule has 0 fully saturated rings. The largest absolute Gasteiger partial charge is 0.418 e. The highest BCUT2D eigenvalue weighted by molar-refractivity contribution is 7.98. The van der Waals surface area contributed by atoms with Crippen LogP contribution in [0.1, 0.15) is 18.9 Å². The number of alkyl halides is 3. The minimum atomic E-state index is -4.30. The summed E-state index contributed by atoms with van der Waals surface area (Å²) in [7, 11) is 0. The van der Waals surface area contributed by atoms with Crippen LogP contribution in [0, 0.1) is 0 Å². The zero-order valence-electron chi connectivity index (χ0n) is 9.84. The number of para-hydroxylation sites is 1. The third-order valence-corrected chi connectivity index (χ3v) is 3.19. The molecule has 0 bridgehead atoms. The molecule has 0 aliphatic heterocycles. The van der Waals surface area contributed by atoms with Gasteiger partial charge in [-0.15, -0.1) is 0 Å². The predicted octanol–water partition coefficient (Wildman–Crippen LogP) is 4.26. The molecule has 1 nitrogen and oxygen atoms in total. The van der Waals surface area contributed by atoms with Crippen molar-refractivity contribution in [3.8, 4) is 0 Å². The van der Waals surface area contributed by atoms with Crippen LogP contribution in [0.3, 0.4) is 0 Å². The van der Waals surface area contributed by atoms with Crippen LogP contribution in [0.5, 0.6) is 0 Å². The molecule has 0 heterocycles. The monoisotopic (exact) mass is 263 g/mol. The highest BCUT2D eigenvalue weighted by Gasteiger charge is 2.33.